The third-order valence-corrected chi connectivity index (χ3v) is 3.84. The van der Waals surface area contributed by atoms with E-state index in [1.807, 2.05) is 0 Å². The van der Waals surface area contributed by atoms with Crippen LogP contribution in [0.25, 0.3) is 11.1 Å². The lowest BCUT2D eigenvalue weighted by molar-refractivity contribution is 0.0503. The summed E-state index contributed by atoms with van der Waals surface area (Å²) in [5.74, 6) is 0. The van der Waals surface area contributed by atoms with Crippen LogP contribution >= 0.6 is 0 Å². The van der Waals surface area contributed by atoms with Gasteiger partial charge >= 0.3 is 0 Å². The topological polar surface area (TPSA) is 9.23 Å². The third kappa shape index (κ3) is 2.43. The van der Waals surface area contributed by atoms with Gasteiger partial charge in [-0.05, 0) is 28.7 Å². The maximum absolute atomic E-state index is 6.11. The SMILES string of the molecule is CCCCOC1Cc2ccccc2-c2ccccc21. The molecule has 1 aliphatic rings. The predicted octanol–water partition coefficient (Wildman–Crippen LogP) is 4.77. The Morgan fingerprint density at radius 2 is 1.74 bits per heavy atom. The van der Waals surface area contributed by atoms with E-state index in [1.54, 1.807) is 0 Å². The van der Waals surface area contributed by atoms with Crippen molar-refractivity contribution in [3.8, 4) is 11.1 Å². The molecule has 1 unspecified atom stereocenters. The van der Waals surface area contributed by atoms with Gasteiger partial charge in [-0.3, -0.25) is 0 Å². The second kappa shape index (κ2) is 5.58. The summed E-state index contributed by atoms with van der Waals surface area (Å²) in [6, 6.07) is 17.3. The van der Waals surface area contributed by atoms with Crippen molar-refractivity contribution in [2.45, 2.75) is 32.3 Å². The van der Waals surface area contributed by atoms with E-state index in [9.17, 15) is 0 Å². The molecule has 3 rings (SSSR count). The highest BCUT2D eigenvalue weighted by Crippen LogP contribution is 2.39. The molecule has 2 aromatic rings. The summed E-state index contributed by atoms with van der Waals surface area (Å²) in [7, 11) is 0. The molecule has 1 heteroatoms. The van der Waals surface area contributed by atoms with Crippen molar-refractivity contribution in [2.24, 2.45) is 0 Å². The Kier molecular flexibility index (Phi) is 3.65. The lowest BCUT2D eigenvalue weighted by atomic mass is 9.84. The molecule has 19 heavy (non-hydrogen) atoms. The van der Waals surface area contributed by atoms with Crippen LogP contribution in [0.5, 0.6) is 0 Å². The highest BCUT2D eigenvalue weighted by atomic mass is 16.5. The smallest absolute Gasteiger partial charge is 0.0871 e. The van der Waals surface area contributed by atoms with Gasteiger partial charge in [0.15, 0.2) is 0 Å². The molecule has 98 valence electrons. The standard InChI is InChI=1S/C18H20O/c1-2-3-12-19-18-13-14-8-4-5-9-15(14)16-10-6-7-11-17(16)18/h4-11,18H,2-3,12-13H2,1H3. The zero-order valence-electron chi connectivity index (χ0n) is 11.4. The van der Waals surface area contributed by atoms with Crippen LogP contribution in [-0.2, 0) is 11.2 Å². The highest BCUT2D eigenvalue weighted by Gasteiger charge is 2.24. The summed E-state index contributed by atoms with van der Waals surface area (Å²) in [6.45, 7) is 3.06. The van der Waals surface area contributed by atoms with Crippen LogP contribution in [0.1, 0.15) is 37.0 Å². The van der Waals surface area contributed by atoms with Gasteiger partial charge in [0.05, 0.1) is 6.10 Å². The van der Waals surface area contributed by atoms with Crippen molar-refractivity contribution in [1.29, 1.82) is 0 Å². The van der Waals surface area contributed by atoms with E-state index in [4.69, 9.17) is 4.74 Å². The van der Waals surface area contributed by atoms with E-state index in [-0.39, 0.29) is 6.10 Å². The number of unbranched alkanes of at least 4 members (excludes halogenated alkanes) is 1. The fourth-order valence-electron chi connectivity index (χ4n) is 2.81. The molecule has 0 saturated heterocycles. The molecule has 0 aliphatic heterocycles. The van der Waals surface area contributed by atoms with Crippen molar-refractivity contribution >= 4 is 0 Å². The Morgan fingerprint density at radius 1 is 1.00 bits per heavy atom. The summed E-state index contributed by atoms with van der Waals surface area (Å²) >= 11 is 0. The third-order valence-electron chi connectivity index (χ3n) is 3.84. The number of hydrogen-bond donors (Lipinski definition) is 0. The minimum absolute atomic E-state index is 0.220. The number of rotatable bonds is 4. The van der Waals surface area contributed by atoms with E-state index < -0.39 is 0 Å². The first-order valence-electron chi connectivity index (χ1n) is 7.19. The molecule has 2 aromatic carbocycles. The minimum Gasteiger partial charge on any atom is -0.373 e. The Hall–Kier alpha value is -1.60. The molecular formula is C18H20O. The minimum atomic E-state index is 0.220. The molecule has 0 aromatic heterocycles. The van der Waals surface area contributed by atoms with Gasteiger partial charge in [0, 0.05) is 13.0 Å². The van der Waals surface area contributed by atoms with E-state index in [2.05, 4.69) is 55.5 Å². The van der Waals surface area contributed by atoms with Gasteiger partial charge in [-0.25, -0.2) is 0 Å². The zero-order chi connectivity index (χ0) is 13.1. The fraction of sp³-hybridized carbons (Fsp3) is 0.333. The summed E-state index contributed by atoms with van der Waals surface area (Å²) in [5.41, 5.74) is 5.46. The van der Waals surface area contributed by atoms with Crippen molar-refractivity contribution in [3.63, 3.8) is 0 Å². The van der Waals surface area contributed by atoms with Gasteiger partial charge < -0.3 is 4.74 Å². The largest absolute Gasteiger partial charge is 0.373 e. The van der Waals surface area contributed by atoms with E-state index in [0.717, 1.165) is 19.4 Å². The Labute approximate surface area is 115 Å². The number of hydrogen-bond acceptors (Lipinski definition) is 1. The van der Waals surface area contributed by atoms with Gasteiger partial charge in [0.2, 0.25) is 0 Å². The van der Waals surface area contributed by atoms with Crippen LogP contribution in [0.15, 0.2) is 48.5 Å². The zero-order valence-corrected chi connectivity index (χ0v) is 11.4. The Morgan fingerprint density at radius 3 is 2.58 bits per heavy atom. The average Bonchev–Trinajstić information content (AvgIpc) is 2.47. The van der Waals surface area contributed by atoms with E-state index in [1.165, 1.54) is 28.7 Å². The van der Waals surface area contributed by atoms with E-state index >= 15 is 0 Å². The first-order valence-corrected chi connectivity index (χ1v) is 7.19. The molecule has 0 N–H and O–H groups in total. The van der Waals surface area contributed by atoms with Gasteiger partial charge in [-0.1, -0.05) is 61.9 Å². The predicted molar refractivity (Wildman–Crippen MR) is 79.2 cm³/mol. The Bertz CT molecular complexity index is 559. The molecule has 0 saturated carbocycles. The second-order valence-electron chi connectivity index (χ2n) is 5.16. The summed E-state index contributed by atoms with van der Waals surface area (Å²) < 4.78 is 6.11. The second-order valence-corrected chi connectivity index (χ2v) is 5.16. The molecular weight excluding hydrogens is 232 g/mol. The summed E-state index contributed by atoms with van der Waals surface area (Å²) in [5, 5.41) is 0. The molecule has 1 nitrogen and oxygen atoms in total. The van der Waals surface area contributed by atoms with Crippen LogP contribution in [0, 0.1) is 0 Å². The highest BCUT2D eigenvalue weighted by molar-refractivity contribution is 5.73. The molecule has 0 fully saturated rings. The first kappa shape index (κ1) is 12.4. The number of benzene rings is 2. The van der Waals surface area contributed by atoms with Gasteiger partial charge in [-0.15, -0.1) is 0 Å². The Balaban J connectivity index is 1.95. The normalized spacial score (nSPS) is 16.8. The summed E-state index contributed by atoms with van der Waals surface area (Å²) in [6.07, 6.45) is 3.54. The van der Waals surface area contributed by atoms with Crippen molar-refractivity contribution in [1.82, 2.24) is 0 Å². The first-order chi connectivity index (χ1) is 9.40. The molecule has 0 spiro atoms. The molecule has 1 aliphatic carbocycles. The van der Waals surface area contributed by atoms with Crippen LogP contribution in [0.3, 0.4) is 0 Å². The number of fused-ring (bicyclic) bond motifs is 3. The van der Waals surface area contributed by atoms with Gasteiger partial charge in [0.25, 0.3) is 0 Å². The van der Waals surface area contributed by atoms with Gasteiger partial charge in [-0.2, -0.15) is 0 Å². The van der Waals surface area contributed by atoms with Crippen LogP contribution in [0.2, 0.25) is 0 Å². The fourth-order valence-corrected chi connectivity index (χ4v) is 2.81. The maximum Gasteiger partial charge on any atom is 0.0871 e. The quantitative estimate of drug-likeness (QED) is 0.712. The van der Waals surface area contributed by atoms with Crippen molar-refractivity contribution in [2.75, 3.05) is 6.61 Å². The monoisotopic (exact) mass is 252 g/mol. The number of ether oxygens (including phenoxy) is 1. The van der Waals surface area contributed by atoms with E-state index in [0.29, 0.717) is 0 Å². The molecule has 0 bridgehead atoms. The maximum atomic E-state index is 6.11. The molecule has 0 heterocycles. The average molecular weight is 252 g/mol. The van der Waals surface area contributed by atoms with Crippen LogP contribution < -0.4 is 0 Å². The lowest BCUT2D eigenvalue weighted by Gasteiger charge is -2.28. The van der Waals surface area contributed by atoms with Crippen LogP contribution in [-0.4, -0.2) is 6.61 Å². The summed E-state index contributed by atoms with van der Waals surface area (Å²) in [4.78, 5) is 0. The van der Waals surface area contributed by atoms with Crippen molar-refractivity contribution in [3.05, 3.63) is 59.7 Å². The molecule has 1 atom stereocenters. The lowest BCUT2D eigenvalue weighted by Crippen LogP contribution is -2.14. The molecule has 0 radical (unpaired) electrons. The van der Waals surface area contributed by atoms with Gasteiger partial charge in [0.1, 0.15) is 0 Å². The van der Waals surface area contributed by atoms with Crippen LogP contribution in [0.4, 0.5) is 0 Å². The van der Waals surface area contributed by atoms with Crippen molar-refractivity contribution < 1.29 is 4.74 Å². The molecule has 0 amide bonds.